The first-order chi connectivity index (χ1) is 16.9. The molecule has 186 valence electrons. The Morgan fingerprint density at radius 2 is 1.94 bits per heavy atom. The number of aryl methyl sites for hydroxylation is 2. The van der Waals surface area contributed by atoms with Crippen LogP contribution in [0.2, 0.25) is 0 Å². The molecule has 0 saturated carbocycles. The molecule has 2 aromatic heterocycles. The maximum Gasteiger partial charge on any atom is 0.238 e. The zero-order valence-corrected chi connectivity index (χ0v) is 21.9. The lowest BCUT2D eigenvalue weighted by Gasteiger charge is -2.34. The van der Waals surface area contributed by atoms with Gasteiger partial charge in [0.15, 0.2) is 0 Å². The minimum Gasteiger partial charge on any atom is -0.383 e. The molecule has 1 aliphatic carbocycles. The smallest absolute Gasteiger partial charge is 0.238 e. The van der Waals surface area contributed by atoms with Crippen molar-refractivity contribution >= 4 is 39.0 Å². The molecule has 5 rings (SSSR count). The molecule has 3 heterocycles. The summed E-state index contributed by atoms with van der Waals surface area (Å²) in [5.41, 5.74) is 11.0. The average Bonchev–Trinajstić information content (AvgIpc) is 3.19. The van der Waals surface area contributed by atoms with Crippen molar-refractivity contribution < 1.29 is 4.79 Å². The fraction of sp³-hybridized carbons (Fsp3) is 0.519. The number of aromatic nitrogens is 2. The Labute approximate surface area is 211 Å². The monoisotopic (exact) mass is 492 g/mol. The zero-order valence-electron chi connectivity index (χ0n) is 21.1. The van der Waals surface area contributed by atoms with Crippen LogP contribution in [0.5, 0.6) is 0 Å². The summed E-state index contributed by atoms with van der Waals surface area (Å²) in [6.45, 7) is 11.4. The normalized spacial score (nSPS) is 19.1. The fourth-order valence-electron chi connectivity index (χ4n) is 5.24. The van der Waals surface area contributed by atoms with Crippen LogP contribution in [0.3, 0.4) is 0 Å². The van der Waals surface area contributed by atoms with E-state index in [1.807, 2.05) is 30.4 Å². The average molecular weight is 493 g/mol. The van der Waals surface area contributed by atoms with Crippen LogP contribution >= 0.6 is 11.3 Å². The summed E-state index contributed by atoms with van der Waals surface area (Å²) in [6.07, 6.45) is 4.25. The van der Waals surface area contributed by atoms with E-state index in [1.54, 1.807) is 0 Å². The van der Waals surface area contributed by atoms with Gasteiger partial charge in [0.05, 0.1) is 11.9 Å². The largest absolute Gasteiger partial charge is 0.383 e. The Bertz CT molecular complexity index is 1230. The van der Waals surface area contributed by atoms with Gasteiger partial charge < -0.3 is 16.0 Å². The number of hydrogen-bond acceptors (Lipinski definition) is 7. The first-order valence-electron chi connectivity index (χ1n) is 12.7. The summed E-state index contributed by atoms with van der Waals surface area (Å²) >= 11 is 1.81. The number of carbonyl (C=O) groups excluding carboxylic acids is 1. The van der Waals surface area contributed by atoms with Gasteiger partial charge in [0.25, 0.3) is 0 Å². The number of thiophene rings is 1. The summed E-state index contributed by atoms with van der Waals surface area (Å²) in [6, 6.07) is 6.02. The van der Waals surface area contributed by atoms with E-state index in [1.165, 1.54) is 22.4 Å². The van der Waals surface area contributed by atoms with E-state index >= 15 is 0 Å². The molecule has 1 atom stereocenters. The number of nitrogen functional groups attached to an aromatic ring is 1. The number of piperazine rings is 1. The molecule has 1 amide bonds. The standard InChI is InChI=1S/C27H36N6OS/c1-17-7-8-20-22(15-17)35-27-25(20)26(28)30-23(31-27)9-10-32-11-13-33(14-12-32)16-24(34)29-21-6-4-5-18(2)19(21)3/h4-6,17H,7-16H2,1-3H3,(H,29,34)(H2,28,30,31)/t17-/m0/s1. The van der Waals surface area contributed by atoms with Gasteiger partial charge in [-0.25, -0.2) is 9.97 Å². The number of rotatable bonds is 6. The SMILES string of the molecule is Cc1cccc(NC(=O)CN2CCN(CCc3nc(N)c4c5c(sc4n3)C[C@@H](C)CC5)CC2)c1C. The molecule has 0 bridgehead atoms. The van der Waals surface area contributed by atoms with E-state index in [-0.39, 0.29) is 5.91 Å². The maximum absolute atomic E-state index is 12.6. The first kappa shape index (κ1) is 24.2. The Morgan fingerprint density at radius 3 is 2.74 bits per heavy atom. The highest BCUT2D eigenvalue weighted by atomic mass is 32.1. The van der Waals surface area contributed by atoms with E-state index in [4.69, 9.17) is 10.7 Å². The Kier molecular flexibility index (Phi) is 7.05. The summed E-state index contributed by atoms with van der Waals surface area (Å²) in [5, 5.41) is 4.18. The van der Waals surface area contributed by atoms with Crippen LogP contribution in [0.15, 0.2) is 18.2 Å². The third kappa shape index (κ3) is 5.34. The van der Waals surface area contributed by atoms with E-state index in [0.29, 0.717) is 12.4 Å². The minimum atomic E-state index is 0.0531. The highest BCUT2D eigenvalue weighted by Gasteiger charge is 2.24. The quantitative estimate of drug-likeness (QED) is 0.544. The van der Waals surface area contributed by atoms with Gasteiger partial charge in [-0.1, -0.05) is 19.1 Å². The predicted octanol–water partition coefficient (Wildman–Crippen LogP) is 3.81. The second-order valence-electron chi connectivity index (χ2n) is 10.2. The lowest BCUT2D eigenvalue weighted by atomic mass is 9.89. The summed E-state index contributed by atoms with van der Waals surface area (Å²) < 4.78 is 0. The second-order valence-corrected chi connectivity index (χ2v) is 11.3. The van der Waals surface area contributed by atoms with Crippen molar-refractivity contribution in [1.29, 1.82) is 0 Å². The van der Waals surface area contributed by atoms with Crippen LogP contribution in [-0.2, 0) is 24.1 Å². The summed E-state index contributed by atoms with van der Waals surface area (Å²) in [4.78, 5) is 29.3. The number of nitrogens with zero attached hydrogens (tertiary/aromatic N) is 4. The number of fused-ring (bicyclic) bond motifs is 3. The number of carbonyl (C=O) groups is 1. The van der Waals surface area contributed by atoms with E-state index in [0.717, 1.165) is 85.2 Å². The van der Waals surface area contributed by atoms with Crippen LogP contribution in [0.1, 0.15) is 40.7 Å². The molecule has 1 fully saturated rings. The number of nitrogens with one attached hydrogen (secondary N) is 1. The van der Waals surface area contributed by atoms with Gasteiger partial charge in [-0.3, -0.25) is 9.69 Å². The van der Waals surface area contributed by atoms with E-state index in [9.17, 15) is 4.79 Å². The molecule has 2 aliphatic rings. The molecule has 3 aromatic rings. The van der Waals surface area contributed by atoms with Gasteiger partial charge in [0.1, 0.15) is 16.5 Å². The van der Waals surface area contributed by atoms with Crippen molar-refractivity contribution in [1.82, 2.24) is 19.8 Å². The molecule has 8 heteroatoms. The number of benzene rings is 1. The zero-order chi connectivity index (χ0) is 24.5. The minimum absolute atomic E-state index is 0.0531. The third-order valence-electron chi connectivity index (χ3n) is 7.59. The summed E-state index contributed by atoms with van der Waals surface area (Å²) in [5.74, 6) is 2.28. The van der Waals surface area contributed by atoms with E-state index < -0.39 is 0 Å². The highest BCUT2D eigenvalue weighted by molar-refractivity contribution is 7.19. The second kappa shape index (κ2) is 10.2. The van der Waals surface area contributed by atoms with Crippen LogP contribution in [0.25, 0.3) is 10.2 Å². The number of nitrogens with two attached hydrogens (primary N) is 1. The van der Waals surface area contributed by atoms with Gasteiger partial charge in [-0.05, 0) is 61.8 Å². The van der Waals surface area contributed by atoms with Gasteiger partial charge in [0.2, 0.25) is 5.91 Å². The number of anilines is 2. The van der Waals surface area contributed by atoms with Crippen molar-refractivity contribution in [3.05, 3.63) is 45.6 Å². The molecule has 1 aliphatic heterocycles. The highest BCUT2D eigenvalue weighted by Crippen LogP contribution is 2.39. The summed E-state index contributed by atoms with van der Waals surface area (Å²) in [7, 11) is 0. The van der Waals surface area contributed by atoms with Crippen molar-refractivity contribution in [3.63, 3.8) is 0 Å². The van der Waals surface area contributed by atoms with Gasteiger partial charge in [-0.2, -0.15) is 0 Å². The van der Waals surface area contributed by atoms with Crippen molar-refractivity contribution in [2.75, 3.05) is 50.3 Å². The molecule has 0 unspecified atom stereocenters. The Hall–Kier alpha value is -2.55. The van der Waals surface area contributed by atoms with Crippen LogP contribution in [0.4, 0.5) is 11.5 Å². The van der Waals surface area contributed by atoms with Crippen molar-refractivity contribution in [3.8, 4) is 0 Å². The van der Waals surface area contributed by atoms with Crippen LogP contribution in [-0.4, -0.2) is 64.9 Å². The van der Waals surface area contributed by atoms with Gasteiger partial charge in [0, 0.05) is 49.7 Å². The Morgan fingerprint density at radius 1 is 1.17 bits per heavy atom. The van der Waals surface area contributed by atoms with E-state index in [2.05, 4.69) is 40.0 Å². The first-order valence-corrected chi connectivity index (χ1v) is 13.6. The van der Waals surface area contributed by atoms with Crippen molar-refractivity contribution in [2.45, 2.75) is 46.5 Å². The topological polar surface area (TPSA) is 87.4 Å². The lowest BCUT2D eigenvalue weighted by Crippen LogP contribution is -2.49. The molecule has 1 aromatic carbocycles. The van der Waals surface area contributed by atoms with Crippen LogP contribution in [0, 0.1) is 19.8 Å². The van der Waals surface area contributed by atoms with Crippen molar-refractivity contribution in [2.24, 2.45) is 5.92 Å². The third-order valence-corrected chi connectivity index (χ3v) is 8.74. The Balaban J connectivity index is 1.12. The van der Waals surface area contributed by atoms with Gasteiger partial charge >= 0.3 is 0 Å². The molecule has 35 heavy (non-hydrogen) atoms. The van der Waals surface area contributed by atoms with Crippen LogP contribution < -0.4 is 11.1 Å². The molecule has 0 radical (unpaired) electrons. The molecular weight excluding hydrogens is 456 g/mol. The number of hydrogen-bond donors (Lipinski definition) is 2. The molecule has 7 nitrogen and oxygen atoms in total. The fourth-order valence-corrected chi connectivity index (χ4v) is 6.65. The number of amides is 1. The molecule has 0 spiro atoms. The predicted molar refractivity (Wildman–Crippen MR) is 144 cm³/mol. The lowest BCUT2D eigenvalue weighted by molar-refractivity contribution is -0.117. The van der Waals surface area contributed by atoms with Gasteiger partial charge in [-0.15, -0.1) is 11.3 Å². The molecule has 1 saturated heterocycles. The molecular formula is C27H36N6OS. The maximum atomic E-state index is 12.6. The molecule has 3 N–H and O–H groups in total.